The average Bonchev–Trinajstić information content (AvgIpc) is 3.83. The van der Waals surface area contributed by atoms with Crippen LogP contribution in [0.4, 0.5) is 5.13 Å². The van der Waals surface area contributed by atoms with Crippen LogP contribution in [0.2, 0.25) is 0 Å². The summed E-state index contributed by atoms with van der Waals surface area (Å²) in [5.74, 6) is -0.856. The van der Waals surface area contributed by atoms with E-state index in [0.29, 0.717) is 5.56 Å². The Kier molecular flexibility index (Phi) is 8.87. The molecule has 2 amide bonds. The van der Waals surface area contributed by atoms with Gasteiger partial charge in [-0.25, -0.2) is 4.98 Å². The van der Waals surface area contributed by atoms with Gasteiger partial charge in [0.1, 0.15) is 30.9 Å². The molecule has 0 radical (unpaired) electrons. The second-order valence-electron chi connectivity index (χ2n) is 11.7. The predicted octanol–water partition coefficient (Wildman–Crippen LogP) is 1.41. The first kappa shape index (κ1) is 29.2. The number of piperazine rings is 1. The molecule has 0 spiro atoms. The quantitative estimate of drug-likeness (QED) is 0.442. The topological polar surface area (TPSA) is 125 Å². The predicted molar refractivity (Wildman–Crippen MR) is 158 cm³/mol. The number of fused-ring (bicyclic) bond motifs is 1. The molecule has 3 saturated heterocycles. The summed E-state index contributed by atoms with van der Waals surface area (Å²) in [5, 5.41) is 16.4. The van der Waals surface area contributed by atoms with Gasteiger partial charge in [0.05, 0.1) is 18.8 Å². The van der Waals surface area contributed by atoms with E-state index < -0.39 is 24.3 Å². The zero-order valence-corrected chi connectivity index (χ0v) is 24.8. The Hall–Kier alpha value is -2.90. The lowest BCUT2D eigenvalue weighted by atomic mass is 9.95. The summed E-state index contributed by atoms with van der Waals surface area (Å²) in [6, 6.07) is 5.76. The average molecular weight is 598 g/mol. The molecule has 226 valence electrons. The van der Waals surface area contributed by atoms with Crippen molar-refractivity contribution in [1.29, 1.82) is 0 Å². The van der Waals surface area contributed by atoms with Crippen molar-refractivity contribution < 1.29 is 29.0 Å². The third-order valence-corrected chi connectivity index (χ3v) is 9.96. The first-order valence-corrected chi connectivity index (χ1v) is 15.8. The molecule has 11 nitrogen and oxygen atoms in total. The van der Waals surface area contributed by atoms with Crippen LogP contribution < -0.4 is 10.2 Å². The fraction of sp³-hybridized carbons (Fsp3) is 0.600. The monoisotopic (exact) mass is 597 g/mol. The fourth-order valence-corrected chi connectivity index (χ4v) is 7.54. The number of hydrogen-bond donors (Lipinski definition) is 2. The fourth-order valence-electron chi connectivity index (χ4n) is 6.65. The number of thiazole rings is 1. The smallest absolute Gasteiger partial charge is 0.251 e. The molecular weight excluding hydrogens is 558 g/mol. The third-order valence-electron chi connectivity index (χ3n) is 9.05. The number of aromatic nitrogens is 1. The van der Waals surface area contributed by atoms with Crippen LogP contribution in [-0.2, 0) is 19.1 Å². The molecule has 1 aliphatic carbocycles. The van der Waals surface area contributed by atoms with Crippen LogP contribution in [0, 0.1) is 5.92 Å². The van der Waals surface area contributed by atoms with Crippen LogP contribution >= 0.6 is 11.3 Å². The lowest BCUT2D eigenvalue weighted by Gasteiger charge is -2.34. The van der Waals surface area contributed by atoms with Gasteiger partial charge in [-0.05, 0) is 30.9 Å². The number of nitrogens with zero attached hydrogens (tertiary/aromatic N) is 4. The van der Waals surface area contributed by atoms with Crippen molar-refractivity contribution in [3.63, 3.8) is 0 Å². The van der Waals surface area contributed by atoms with Gasteiger partial charge in [-0.15, -0.1) is 11.3 Å². The summed E-state index contributed by atoms with van der Waals surface area (Å²) < 4.78 is 10.6. The Morgan fingerprint density at radius 2 is 1.90 bits per heavy atom. The van der Waals surface area contributed by atoms with Gasteiger partial charge in [-0.1, -0.05) is 25.0 Å². The molecule has 4 heterocycles. The number of likely N-dealkylation sites (tertiary alicyclic amines) is 1. The molecule has 6 rings (SSSR count). The summed E-state index contributed by atoms with van der Waals surface area (Å²) in [4.78, 5) is 50.6. The maximum atomic E-state index is 13.7. The molecule has 1 aromatic heterocycles. The minimum atomic E-state index is -0.908. The Labute approximate surface area is 249 Å². The number of β-amino-alcohol motifs (C(OH)–C–C–N with tert-alkyl or cyclic N) is 1. The zero-order chi connectivity index (χ0) is 29.2. The van der Waals surface area contributed by atoms with Crippen molar-refractivity contribution in [1.82, 2.24) is 20.1 Å². The molecule has 0 unspecified atom stereocenters. The van der Waals surface area contributed by atoms with E-state index >= 15 is 0 Å². The van der Waals surface area contributed by atoms with Crippen molar-refractivity contribution in [2.75, 3.05) is 64.5 Å². The molecule has 4 aliphatic rings. The summed E-state index contributed by atoms with van der Waals surface area (Å²) in [6.45, 7) is 5.44. The number of Topliss-reactive ketones (excluding diaryl/α,β-unsaturated/α-hetero) is 1. The summed E-state index contributed by atoms with van der Waals surface area (Å²) in [6.07, 6.45) is 2.06. The molecule has 1 aromatic carbocycles. The molecule has 2 N–H and O–H groups in total. The molecular formula is C30H39N5O6S. The molecule has 4 atom stereocenters. The van der Waals surface area contributed by atoms with Crippen molar-refractivity contribution in [2.45, 2.75) is 50.0 Å². The number of amides is 2. The Bertz CT molecular complexity index is 1270. The van der Waals surface area contributed by atoms with Gasteiger partial charge in [-0.3, -0.25) is 19.3 Å². The summed E-state index contributed by atoms with van der Waals surface area (Å²) in [5.41, 5.74) is 2.25. The minimum absolute atomic E-state index is 0.00962. The number of carbonyl (C=O) groups is 3. The first-order valence-electron chi connectivity index (χ1n) is 14.9. The summed E-state index contributed by atoms with van der Waals surface area (Å²) in [7, 11) is 1.73. The van der Waals surface area contributed by atoms with Crippen molar-refractivity contribution >= 4 is 34.1 Å². The number of ketones is 1. The van der Waals surface area contributed by atoms with Crippen LogP contribution in [0.25, 0.3) is 11.3 Å². The number of carbonyl (C=O) groups excluding carboxylic acids is 3. The SMILES string of the molecule is COCCN1CCN(c2nc(-c3ccc(C(=O)N[C@H](C(=O)N4C[C@@H](O)[C@H]5OCC(=O)[C@H]54)C4CCCC4)cc3)cs2)CC1. The van der Waals surface area contributed by atoms with Gasteiger partial charge >= 0.3 is 0 Å². The lowest BCUT2D eigenvalue weighted by Crippen LogP contribution is -2.54. The van der Waals surface area contributed by atoms with E-state index in [-0.39, 0.29) is 36.7 Å². The lowest BCUT2D eigenvalue weighted by molar-refractivity contribution is -0.139. The number of hydrogen-bond acceptors (Lipinski definition) is 10. The van der Waals surface area contributed by atoms with E-state index in [1.165, 1.54) is 4.90 Å². The van der Waals surface area contributed by atoms with Gasteiger partial charge in [0, 0.05) is 56.3 Å². The van der Waals surface area contributed by atoms with Crippen LogP contribution in [0.1, 0.15) is 36.0 Å². The highest BCUT2D eigenvalue weighted by Gasteiger charge is 2.53. The molecule has 42 heavy (non-hydrogen) atoms. The third kappa shape index (κ3) is 5.96. The molecule has 12 heteroatoms. The number of ether oxygens (including phenoxy) is 2. The molecule has 4 fully saturated rings. The Morgan fingerprint density at radius 1 is 1.17 bits per heavy atom. The maximum Gasteiger partial charge on any atom is 0.251 e. The van der Waals surface area contributed by atoms with Gasteiger partial charge < -0.3 is 29.7 Å². The number of methoxy groups -OCH3 is 1. The highest BCUT2D eigenvalue weighted by molar-refractivity contribution is 7.14. The minimum Gasteiger partial charge on any atom is -0.388 e. The summed E-state index contributed by atoms with van der Waals surface area (Å²) >= 11 is 1.62. The number of aliphatic hydroxyl groups excluding tert-OH is 1. The standard InChI is InChI=1S/C30H39N5O6S/c1-40-15-14-33-10-12-34(13-11-33)30-31-22(18-42-30)19-6-8-21(9-7-19)28(38)32-25(20-4-2-3-5-20)29(39)35-16-23(36)27-26(35)24(37)17-41-27/h6-9,18,20,23,25-27,36H,2-5,10-17H2,1H3,(H,32,38)/t23-,25+,26-,27-/m1/s1. The van der Waals surface area contributed by atoms with Crippen LogP contribution in [0.5, 0.6) is 0 Å². The Morgan fingerprint density at radius 3 is 2.62 bits per heavy atom. The number of benzene rings is 1. The van der Waals surface area contributed by atoms with Crippen molar-refractivity contribution in [2.24, 2.45) is 5.92 Å². The normalized spacial score (nSPS) is 25.7. The van der Waals surface area contributed by atoms with Crippen LogP contribution in [-0.4, -0.2) is 121 Å². The molecule has 3 aliphatic heterocycles. The number of nitrogens with one attached hydrogen (secondary N) is 1. The molecule has 0 bridgehead atoms. The molecule has 2 aromatic rings. The highest BCUT2D eigenvalue weighted by atomic mass is 32.1. The van der Waals surface area contributed by atoms with Gasteiger partial charge in [0.25, 0.3) is 5.91 Å². The van der Waals surface area contributed by atoms with Crippen LogP contribution in [0.15, 0.2) is 29.6 Å². The van der Waals surface area contributed by atoms with E-state index in [9.17, 15) is 19.5 Å². The van der Waals surface area contributed by atoms with E-state index in [2.05, 4.69) is 15.1 Å². The zero-order valence-electron chi connectivity index (χ0n) is 23.9. The number of rotatable bonds is 9. The van der Waals surface area contributed by atoms with Crippen molar-refractivity contribution in [3.05, 3.63) is 35.2 Å². The Balaban J connectivity index is 1.10. The first-order chi connectivity index (χ1) is 20.4. The molecule has 1 saturated carbocycles. The van der Waals surface area contributed by atoms with E-state index in [0.717, 1.165) is 81.4 Å². The largest absolute Gasteiger partial charge is 0.388 e. The van der Waals surface area contributed by atoms with E-state index in [1.54, 1.807) is 30.6 Å². The van der Waals surface area contributed by atoms with Crippen LogP contribution in [0.3, 0.4) is 0 Å². The van der Waals surface area contributed by atoms with Gasteiger partial charge in [0.15, 0.2) is 10.9 Å². The maximum absolute atomic E-state index is 13.7. The second kappa shape index (κ2) is 12.8. The van der Waals surface area contributed by atoms with Gasteiger partial charge in [0.2, 0.25) is 5.91 Å². The van der Waals surface area contributed by atoms with E-state index in [4.69, 9.17) is 14.5 Å². The van der Waals surface area contributed by atoms with Crippen molar-refractivity contribution in [3.8, 4) is 11.3 Å². The van der Waals surface area contributed by atoms with E-state index in [1.807, 2.05) is 17.5 Å². The second-order valence-corrected chi connectivity index (χ2v) is 12.5. The highest BCUT2D eigenvalue weighted by Crippen LogP contribution is 2.33. The number of aliphatic hydroxyl groups is 1. The van der Waals surface area contributed by atoms with Gasteiger partial charge in [-0.2, -0.15) is 0 Å². The number of anilines is 1.